The number of carbonyl (C=O) groups is 3. The molecule has 0 saturated carbocycles. The molecule has 1 aliphatic rings. The topological polar surface area (TPSA) is 110 Å². The molecule has 1 aromatic carbocycles. The van der Waals surface area contributed by atoms with Crippen molar-refractivity contribution < 1.29 is 24.2 Å². The largest absolute Gasteiger partial charge is 0.493 e. The highest BCUT2D eigenvalue weighted by Crippen LogP contribution is 2.19. The summed E-state index contributed by atoms with van der Waals surface area (Å²) in [4.78, 5) is 35.9. The molecule has 0 aromatic heterocycles. The Balaban J connectivity index is 1.88. The van der Waals surface area contributed by atoms with Gasteiger partial charge in [-0.15, -0.1) is 0 Å². The summed E-state index contributed by atoms with van der Waals surface area (Å²) in [5.74, 6) is -1.30. The van der Waals surface area contributed by atoms with Crippen molar-refractivity contribution in [3.63, 3.8) is 0 Å². The van der Waals surface area contributed by atoms with Crippen LogP contribution in [0.4, 0.5) is 0 Å². The Hall–Kier alpha value is -2.57. The maximum Gasteiger partial charge on any atom is 0.326 e. The Kier molecular flexibility index (Phi) is 5.56. The maximum atomic E-state index is 12.2. The van der Waals surface area contributed by atoms with E-state index < -0.39 is 17.9 Å². The monoisotopic (exact) mass is 320 g/mol. The lowest BCUT2D eigenvalue weighted by Crippen LogP contribution is -2.48. The lowest BCUT2D eigenvalue weighted by molar-refractivity contribution is -0.152. The zero-order valence-electron chi connectivity index (χ0n) is 12.7. The Bertz CT molecular complexity index is 602. The number of piperidine rings is 1. The molecule has 7 nitrogen and oxygen atoms in total. The van der Waals surface area contributed by atoms with E-state index in [1.54, 1.807) is 18.2 Å². The number of amides is 2. The lowest BCUT2D eigenvalue weighted by Gasteiger charge is -2.33. The highest BCUT2D eigenvalue weighted by molar-refractivity contribution is 5.93. The summed E-state index contributed by atoms with van der Waals surface area (Å²) in [5, 5.41) is 9.17. The molecular formula is C16H20N2O5. The molecule has 1 unspecified atom stereocenters. The number of hydrogen-bond acceptors (Lipinski definition) is 4. The molecule has 2 amide bonds. The van der Waals surface area contributed by atoms with Crippen molar-refractivity contribution in [3.8, 4) is 5.75 Å². The average molecular weight is 320 g/mol. The maximum absolute atomic E-state index is 12.2. The predicted molar refractivity (Wildman–Crippen MR) is 82.1 cm³/mol. The summed E-state index contributed by atoms with van der Waals surface area (Å²) in [6, 6.07) is 5.65. The highest BCUT2D eigenvalue weighted by atomic mass is 16.5. The molecule has 0 radical (unpaired) electrons. The summed E-state index contributed by atoms with van der Waals surface area (Å²) in [6.45, 7) is 0.580. The number of ether oxygens (including phenoxy) is 1. The molecule has 1 saturated heterocycles. The number of rotatable bonds is 6. The summed E-state index contributed by atoms with van der Waals surface area (Å²) < 4.78 is 5.45. The molecule has 2 rings (SSSR count). The number of hydrogen-bond donors (Lipinski definition) is 2. The molecule has 1 aliphatic heterocycles. The van der Waals surface area contributed by atoms with Crippen LogP contribution in [0.3, 0.4) is 0 Å². The van der Waals surface area contributed by atoms with E-state index in [-0.39, 0.29) is 18.9 Å². The minimum atomic E-state index is -0.965. The number of carbonyl (C=O) groups excluding carboxylic acids is 2. The van der Waals surface area contributed by atoms with Crippen LogP contribution in [0.1, 0.15) is 36.0 Å². The van der Waals surface area contributed by atoms with Gasteiger partial charge >= 0.3 is 5.97 Å². The molecule has 23 heavy (non-hydrogen) atoms. The lowest BCUT2D eigenvalue weighted by atomic mass is 10.0. The number of carboxylic acid groups (broad SMARTS) is 1. The van der Waals surface area contributed by atoms with E-state index in [9.17, 15) is 19.5 Å². The quantitative estimate of drug-likeness (QED) is 0.813. The minimum absolute atomic E-state index is 0.0879. The van der Waals surface area contributed by atoms with Crippen molar-refractivity contribution in [1.82, 2.24) is 4.90 Å². The summed E-state index contributed by atoms with van der Waals surface area (Å²) in [5.41, 5.74) is 5.52. The van der Waals surface area contributed by atoms with Crippen molar-refractivity contribution in [2.75, 3.05) is 13.2 Å². The molecule has 3 N–H and O–H groups in total. The third kappa shape index (κ3) is 4.45. The number of primary amides is 1. The zero-order chi connectivity index (χ0) is 16.8. The number of nitrogens with two attached hydrogens (primary N) is 1. The fourth-order valence-corrected chi connectivity index (χ4v) is 2.63. The van der Waals surface area contributed by atoms with E-state index in [0.29, 0.717) is 24.3 Å². The molecule has 124 valence electrons. The summed E-state index contributed by atoms with van der Waals surface area (Å²) >= 11 is 0. The van der Waals surface area contributed by atoms with Gasteiger partial charge in [-0.05, 0) is 37.5 Å². The van der Waals surface area contributed by atoms with E-state index in [1.807, 2.05) is 0 Å². The van der Waals surface area contributed by atoms with E-state index in [1.165, 1.54) is 11.0 Å². The minimum Gasteiger partial charge on any atom is -0.493 e. The number of carboxylic acids is 1. The third-order valence-corrected chi connectivity index (χ3v) is 3.81. The van der Waals surface area contributed by atoms with Gasteiger partial charge < -0.3 is 20.5 Å². The Labute approximate surface area is 134 Å². The van der Waals surface area contributed by atoms with Crippen molar-refractivity contribution in [3.05, 3.63) is 29.8 Å². The number of nitrogens with zero attached hydrogens (tertiary/aromatic N) is 1. The number of aliphatic carboxylic acids is 1. The first kappa shape index (κ1) is 16.8. The fourth-order valence-electron chi connectivity index (χ4n) is 2.63. The Morgan fingerprint density at radius 2 is 2.09 bits per heavy atom. The van der Waals surface area contributed by atoms with Crippen LogP contribution in [0.25, 0.3) is 0 Å². The second-order valence-corrected chi connectivity index (χ2v) is 5.43. The third-order valence-electron chi connectivity index (χ3n) is 3.81. The number of likely N-dealkylation sites (tertiary alicyclic amines) is 1. The van der Waals surface area contributed by atoms with Gasteiger partial charge in [0.2, 0.25) is 11.8 Å². The zero-order valence-corrected chi connectivity index (χ0v) is 12.7. The van der Waals surface area contributed by atoms with Gasteiger partial charge in [-0.2, -0.15) is 0 Å². The molecule has 1 aromatic rings. The van der Waals surface area contributed by atoms with Crippen LogP contribution >= 0.6 is 0 Å². The van der Waals surface area contributed by atoms with Crippen LogP contribution in [0.2, 0.25) is 0 Å². The van der Waals surface area contributed by atoms with Crippen LogP contribution in [-0.4, -0.2) is 47.0 Å². The van der Waals surface area contributed by atoms with Gasteiger partial charge in [-0.25, -0.2) is 4.79 Å². The number of benzene rings is 1. The van der Waals surface area contributed by atoms with Crippen LogP contribution in [0, 0.1) is 0 Å². The summed E-state index contributed by atoms with van der Waals surface area (Å²) in [6.07, 6.45) is 2.21. The van der Waals surface area contributed by atoms with E-state index >= 15 is 0 Å². The predicted octanol–water partition coefficient (Wildman–Crippen LogP) is 1.02. The van der Waals surface area contributed by atoms with Crippen LogP contribution in [0.5, 0.6) is 5.75 Å². The molecule has 1 heterocycles. The van der Waals surface area contributed by atoms with E-state index in [2.05, 4.69) is 0 Å². The Morgan fingerprint density at radius 1 is 1.30 bits per heavy atom. The Morgan fingerprint density at radius 3 is 2.78 bits per heavy atom. The van der Waals surface area contributed by atoms with Crippen LogP contribution in [-0.2, 0) is 9.59 Å². The van der Waals surface area contributed by atoms with Crippen LogP contribution in [0.15, 0.2) is 24.3 Å². The molecule has 0 bridgehead atoms. The van der Waals surface area contributed by atoms with E-state index in [0.717, 1.165) is 12.8 Å². The summed E-state index contributed by atoms with van der Waals surface area (Å²) in [7, 11) is 0. The van der Waals surface area contributed by atoms with Gasteiger partial charge in [0.1, 0.15) is 11.8 Å². The van der Waals surface area contributed by atoms with E-state index in [4.69, 9.17) is 10.5 Å². The van der Waals surface area contributed by atoms with Gasteiger partial charge in [-0.3, -0.25) is 9.59 Å². The molecule has 0 aliphatic carbocycles. The second kappa shape index (κ2) is 7.62. The van der Waals surface area contributed by atoms with Crippen molar-refractivity contribution in [2.24, 2.45) is 5.73 Å². The SMILES string of the molecule is NC(=O)c1cccc(OCCC(=O)N2CCCCC2C(=O)O)c1. The first-order valence-corrected chi connectivity index (χ1v) is 7.54. The van der Waals surface area contributed by atoms with Gasteiger partial charge in [0.15, 0.2) is 0 Å². The smallest absolute Gasteiger partial charge is 0.326 e. The first-order valence-electron chi connectivity index (χ1n) is 7.54. The normalized spacial score (nSPS) is 17.6. The van der Waals surface area contributed by atoms with Gasteiger partial charge in [0, 0.05) is 12.1 Å². The second-order valence-electron chi connectivity index (χ2n) is 5.43. The van der Waals surface area contributed by atoms with Gasteiger partial charge in [0.25, 0.3) is 0 Å². The highest BCUT2D eigenvalue weighted by Gasteiger charge is 2.31. The molecule has 1 fully saturated rings. The first-order chi connectivity index (χ1) is 11.0. The van der Waals surface area contributed by atoms with Gasteiger partial charge in [0.05, 0.1) is 13.0 Å². The molecule has 1 atom stereocenters. The van der Waals surface area contributed by atoms with Crippen molar-refractivity contribution >= 4 is 17.8 Å². The van der Waals surface area contributed by atoms with Crippen LogP contribution < -0.4 is 10.5 Å². The molecular weight excluding hydrogens is 300 g/mol. The standard InChI is InChI=1S/C16H20N2O5/c17-15(20)11-4-3-5-12(10-11)23-9-7-14(19)18-8-2-1-6-13(18)16(21)22/h3-5,10,13H,1-2,6-9H2,(H2,17,20)(H,21,22). The van der Waals surface area contributed by atoms with Crippen molar-refractivity contribution in [1.29, 1.82) is 0 Å². The molecule has 0 spiro atoms. The van der Waals surface area contributed by atoms with Crippen molar-refractivity contribution in [2.45, 2.75) is 31.7 Å². The fraction of sp³-hybridized carbons (Fsp3) is 0.438. The van der Waals surface area contributed by atoms with Gasteiger partial charge in [-0.1, -0.05) is 6.07 Å². The molecule has 7 heteroatoms. The average Bonchev–Trinajstić information content (AvgIpc) is 2.55.